The number of fused-ring (bicyclic) bond motifs is 1. The van der Waals surface area contributed by atoms with E-state index in [1.165, 1.54) is 0 Å². The summed E-state index contributed by atoms with van der Waals surface area (Å²) in [6.07, 6.45) is 6.26. The molecule has 110 valence electrons. The van der Waals surface area contributed by atoms with Crippen molar-refractivity contribution in [2.24, 2.45) is 0 Å². The van der Waals surface area contributed by atoms with Crippen LogP contribution in [0.4, 0.5) is 0 Å². The lowest BCUT2D eigenvalue weighted by Crippen LogP contribution is -2.52. The van der Waals surface area contributed by atoms with Crippen molar-refractivity contribution in [3.8, 4) is 0 Å². The average Bonchev–Trinajstić information content (AvgIpc) is 3.08. The lowest BCUT2D eigenvalue weighted by atomic mass is 9.97. The standard InChI is InChI=1S/C15H17N3O3/c19-12(18-15(14(20)21)5-1-2-6-15)8-10-9-17-13-11(10)4-3-7-16-13/h3-4,7,9H,1-2,5-6,8H2,(H,16,17)(H,18,19)(H,20,21). The molecule has 0 aromatic carbocycles. The van der Waals surface area contributed by atoms with Gasteiger partial charge in [0.05, 0.1) is 6.42 Å². The van der Waals surface area contributed by atoms with Crippen molar-refractivity contribution in [2.45, 2.75) is 37.6 Å². The molecule has 1 saturated carbocycles. The molecule has 0 unspecified atom stereocenters. The maximum atomic E-state index is 12.2. The first-order valence-electron chi connectivity index (χ1n) is 7.06. The van der Waals surface area contributed by atoms with Crippen LogP contribution in [0.5, 0.6) is 0 Å². The molecule has 2 aromatic rings. The molecule has 3 rings (SSSR count). The molecule has 6 nitrogen and oxygen atoms in total. The summed E-state index contributed by atoms with van der Waals surface area (Å²) in [5.74, 6) is -1.20. The topological polar surface area (TPSA) is 95.1 Å². The van der Waals surface area contributed by atoms with Crippen LogP contribution in [-0.4, -0.2) is 32.5 Å². The van der Waals surface area contributed by atoms with E-state index in [0.717, 1.165) is 29.4 Å². The Morgan fingerprint density at radius 3 is 2.86 bits per heavy atom. The molecule has 1 aliphatic carbocycles. The zero-order valence-electron chi connectivity index (χ0n) is 11.6. The third kappa shape index (κ3) is 2.49. The molecule has 0 bridgehead atoms. The number of nitrogens with one attached hydrogen (secondary N) is 2. The highest BCUT2D eigenvalue weighted by Crippen LogP contribution is 2.30. The van der Waals surface area contributed by atoms with Gasteiger partial charge in [-0.15, -0.1) is 0 Å². The van der Waals surface area contributed by atoms with E-state index in [4.69, 9.17) is 0 Å². The van der Waals surface area contributed by atoms with Crippen LogP contribution in [0.15, 0.2) is 24.5 Å². The highest BCUT2D eigenvalue weighted by molar-refractivity contribution is 5.91. The van der Waals surface area contributed by atoms with Crippen LogP contribution in [0.25, 0.3) is 11.0 Å². The maximum Gasteiger partial charge on any atom is 0.329 e. The Morgan fingerprint density at radius 1 is 1.38 bits per heavy atom. The largest absolute Gasteiger partial charge is 0.480 e. The summed E-state index contributed by atoms with van der Waals surface area (Å²) in [4.78, 5) is 30.8. The van der Waals surface area contributed by atoms with Crippen molar-refractivity contribution in [3.05, 3.63) is 30.1 Å². The molecule has 3 N–H and O–H groups in total. The van der Waals surface area contributed by atoms with Gasteiger partial charge in [0, 0.05) is 17.8 Å². The molecule has 1 amide bonds. The van der Waals surface area contributed by atoms with Crippen LogP contribution in [0.1, 0.15) is 31.2 Å². The van der Waals surface area contributed by atoms with Crippen molar-refractivity contribution >= 4 is 22.9 Å². The van der Waals surface area contributed by atoms with E-state index in [-0.39, 0.29) is 12.3 Å². The highest BCUT2D eigenvalue weighted by Gasteiger charge is 2.42. The minimum absolute atomic E-state index is 0.153. The first kappa shape index (κ1) is 13.6. The molecule has 0 aliphatic heterocycles. The van der Waals surface area contributed by atoms with Crippen molar-refractivity contribution in [3.63, 3.8) is 0 Å². The monoisotopic (exact) mass is 287 g/mol. The van der Waals surface area contributed by atoms with Crippen LogP contribution in [0.3, 0.4) is 0 Å². The van der Waals surface area contributed by atoms with Crippen LogP contribution in [-0.2, 0) is 16.0 Å². The second-order valence-electron chi connectivity index (χ2n) is 5.53. The van der Waals surface area contributed by atoms with Gasteiger partial charge in [-0.05, 0) is 30.5 Å². The molecule has 0 atom stereocenters. The summed E-state index contributed by atoms with van der Waals surface area (Å²) in [5.41, 5.74) is 0.477. The minimum Gasteiger partial charge on any atom is -0.480 e. The first-order valence-corrected chi connectivity index (χ1v) is 7.06. The molecule has 1 aliphatic rings. The second-order valence-corrected chi connectivity index (χ2v) is 5.53. The number of aromatic nitrogens is 2. The Balaban J connectivity index is 1.76. The number of amides is 1. The summed E-state index contributed by atoms with van der Waals surface area (Å²) in [6.45, 7) is 0. The Bertz CT molecular complexity index is 686. The lowest BCUT2D eigenvalue weighted by Gasteiger charge is -2.25. The molecular weight excluding hydrogens is 270 g/mol. The smallest absolute Gasteiger partial charge is 0.329 e. The maximum absolute atomic E-state index is 12.2. The van der Waals surface area contributed by atoms with Crippen molar-refractivity contribution in [1.29, 1.82) is 0 Å². The van der Waals surface area contributed by atoms with Gasteiger partial charge in [0.1, 0.15) is 11.2 Å². The molecule has 1 fully saturated rings. The quantitative estimate of drug-likeness (QED) is 0.796. The number of carbonyl (C=O) groups is 2. The molecule has 0 saturated heterocycles. The normalized spacial score (nSPS) is 17.0. The Kier molecular flexibility index (Phi) is 3.37. The average molecular weight is 287 g/mol. The number of pyridine rings is 1. The Hall–Kier alpha value is -2.37. The molecule has 2 aromatic heterocycles. The van der Waals surface area contributed by atoms with Gasteiger partial charge in [0.25, 0.3) is 0 Å². The van der Waals surface area contributed by atoms with Crippen LogP contribution in [0.2, 0.25) is 0 Å². The summed E-state index contributed by atoms with van der Waals surface area (Å²) in [7, 11) is 0. The molecule has 0 spiro atoms. The second kappa shape index (κ2) is 5.20. The van der Waals surface area contributed by atoms with Gasteiger partial charge in [-0.3, -0.25) is 4.79 Å². The third-order valence-electron chi connectivity index (χ3n) is 4.13. The van der Waals surface area contributed by atoms with Crippen molar-refractivity contribution in [2.75, 3.05) is 0 Å². The summed E-state index contributed by atoms with van der Waals surface area (Å²) in [6, 6.07) is 3.71. The SMILES string of the molecule is O=C(Cc1c[nH]c2ncccc12)NC1(C(=O)O)CCCC1. The number of aromatic amines is 1. The van der Waals surface area contributed by atoms with E-state index < -0.39 is 11.5 Å². The number of carbonyl (C=O) groups excluding carboxylic acids is 1. The number of hydrogen-bond donors (Lipinski definition) is 3. The number of carboxylic acid groups (broad SMARTS) is 1. The number of aliphatic carboxylic acids is 1. The molecule has 0 radical (unpaired) electrons. The summed E-state index contributed by atoms with van der Waals surface area (Å²) >= 11 is 0. The van der Waals surface area contributed by atoms with E-state index in [0.29, 0.717) is 12.8 Å². The fourth-order valence-corrected chi connectivity index (χ4v) is 3.01. The predicted molar refractivity (Wildman–Crippen MR) is 76.8 cm³/mol. The number of H-pyrrole nitrogens is 1. The number of nitrogens with zero attached hydrogens (tertiary/aromatic N) is 1. The van der Waals surface area contributed by atoms with Crippen molar-refractivity contribution < 1.29 is 14.7 Å². The highest BCUT2D eigenvalue weighted by atomic mass is 16.4. The number of carboxylic acids is 1. The van der Waals surface area contributed by atoms with Gasteiger partial charge in [-0.25, -0.2) is 9.78 Å². The zero-order chi connectivity index (χ0) is 14.9. The van der Waals surface area contributed by atoms with Gasteiger partial charge in [-0.2, -0.15) is 0 Å². The van der Waals surface area contributed by atoms with Crippen molar-refractivity contribution in [1.82, 2.24) is 15.3 Å². The Labute approximate surface area is 121 Å². The van der Waals surface area contributed by atoms with Crippen LogP contribution < -0.4 is 5.32 Å². The predicted octanol–water partition coefficient (Wildman–Crippen LogP) is 1.62. The molecule has 2 heterocycles. The summed E-state index contributed by atoms with van der Waals surface area (Å²) < 4.78 is 0. The van der Waals surface area contributed by atoms with Gasteiger partial charge in [0.15, 0.2) is 0 Å². The zero-order valence-corrected chi connectivity index (χ0v) is 11.6. The summed E-state index contributed by atoms with van der Waals surface area (Å²) in [5, 5.41) is 13.0. The van der Waals surface area contributed by atoms with Gasteiger partial charge < -0.3 is 15.4 Å². The number of rotatable bonds is 4. The fraction of sp³-hybridized carbons (Fsp3) is 0.400. The van der Waals surface area contributed by atoms with E-state index >= 15 is 0 Å². The third-order valence-corrected chi connectivity index (χ3v) is 4.13. The van der Waals surface area contributed by atoms with Crippen LogP contribution in [0, 0.1) is 0 Å². The molecule has 6 heteroatoms. The van der Waals surface area contributed by atoms with Crippen LogP contribution >= 0.6 is 0 Å². The van der Waals surface area contributed by atoms with Gasteiger partial charge in [0.2, 0.25) is 5.91 Å². The van der Waals surface area contributed by atoms with E-state index in [9.17, 15) is 14.7 Å². The first-order chi connectivity index (χ1) is 10.1. The fourth-order valence-electron chi connectivity index (χ4n) is 3.01. The van der Waals surface area contributed by atoms with Gasteiger partial charge >= 0.3 is 5.97 Å². The molecule has 21 heavy (non-hydrogen) atoms. The lowest BCUT2D eigenvalue weighted by molar-refractivity contribution is -0.147. The van der Waals surface area contributed by atoms with E-state index in [1.54, 1.807) is 12.4 Å². The Morgan fingerprint density at radius 2 is 2.14 bits per heavy atom. The van der Waals surface area contributed by atoms with E-state index in [1.807, 2.05) is 12.1 Å². The minimum atomic E-state index is -1.08. The molecular formula is C15H17N3O3. The number of hydrogen-bond acceptors (Lipinski definition) is 3. The van der Waals surface area contributed by atoms with Gasteiger partial charge in [-0.1, -0.05) is 12.8 Å². The van der Waals surface area contributed by atoms with E-state index in [2.05, 4.69) is 15.3 Å².